The van der Waals surface area contributed by atoms with Gasteiger partial charge in [0.15, 0.2) is 0 Å². The van der Waals surface area contributed by atoms with Gasteiger partial charge in [-0.25, -0.2) is 0 Å². The predicted octanol–water partition coefficient (Wildman–Crippen LogP) is 3.09. The molecule has 0 amide bonds. The van der Waals surface area contributed by atoms with Crippen LogP contribution in [0.25, 0.3) is 0 Å². The summed E-state index contributed by atoms with van der Waals surface area (Å²) in [6, 6.07) is 0. The standard InChI is InChI=1S/C11H22O2P2/c1-9-6-12-7-10(2)14(9)4-5-15-11(3)8-13-15/h9-11H,4-8H2,1-3H3/t9-,10-,11-,15?/m1/s1. The van der Waals surface area contributed by atoms with Crippen LogP contribution in [0.5, 0.6) is 0 Å². The molecule has 0 spiro atoms. The molecular formula is C11H22O2P2. The summed E-state index contributed by atoms with van der Waals surface area (Å²) in [4.78, 5) is 0. The summed E-state index contributed by atoms with van der Waals surface area (Å²) in [6.07, 6.45) is 2.76. The Morgan fingerprint density at radius 3 is 2.07 bits per heavy atom. The molecule has 2 aliphatic heterocycles. The minimum Gasteiger partial charge on any atom is -0.380 e. The van der Waals surface area contributed by atoms with Gasteiger partial charge in [0.1, 0.15) is 0 Å². The molecule has 0 N–H and O–H groups in total. The smallest absolute Gasteiger partial charge is 0.0595 e. The average molecular weight is 248 g/mol. The Bertz CT molecular complexity index is 203. The van der Waals surface area contributed by atoms with E-state index in [1.807, 2.05) is 0 Å². The molecule has 0 radical (unpaired) electrons. The van der Waals surface area contributed by atoms with E-state index in [1.54, 1.807) is 0 Å². The van der Waals surface area contributed by atoms with Crippen LogP contribution in [0.3, 0.4) is 0 Å². The van der Waals surface area contributed by atoms with Gasteiger partial charge < -0.3 is 9.26 Å². The zero-order chi connectivity index (χ0) is 10.8. The molecule has 0 aliphatic carbocycles. The fourth-order valence-corrected chi connectivity index (χ4v) is 7.59. The van der Waals surface area contributed by atoms with Crippen molar-refractivity contribution in [3.05, 3.63) is 0 Å². The molecule has 15 heavy (non-hydrogen) atoms. The van der Waals surface area contributed by atoms with Crippen molar-refractivity contribution in [1.29, 1.82) is 0 Å². The molecule has 1 unspecified atom stereocenters. The quantitative estimate of drug-likeness (QED) is 0.714. The van der Waals surface area contributed by atoms with Crippen molar-refractivity contribution >= 4 is 16.1 Å². The number of hydrogen-bond acceptors (Lipinski definition) is 2. The molecule has 2 rings (SSSR count). The highest BCUT2D eigenvalue weighted by atomic mass is 31.1. The molecule has 2 saturated heterocycles. The molecule has 0 saturated carbocycles. The Hall–Kier alpha value is 0.780. The van der Waals surface area contributed by atoms with E-state index in [-0.39, 0.29) is 16.1 Å². The van der Waals surface area contributed by atoms with Crippen LogP contribution in [0.4, 0.5) is 0 Å². The molecule has 0 aromatic rings. The third-order valence-corrected chi connectivity index (χ3v) is 9.34. The Balaban J connectivity index is 1.76. The zero-order valence-corrected chi connectivity index (χ0v) is 11.8. The van der Waals surface area contributed by atoms with Gasteiger partial charge in [0.25, 0.3) is 0 Å². The molecule has 0 aromatic carbocycles. The van der Waals surface area contributed by atoms with Crippen molar-refractivity contribution in [1.82, 2.24) is 0 Å². The van der Waals surface area contributed by atoms with Gasteiger partial charge in [0, 0.05) is 25.1 Å². The van der Waals surface area contributed by atoms with Gasteiger partial charge >= 0.3 is 0 Å². The first-order valence-electron chi connectivity index (χ1n) is 5.91. The third-order valence-electron chi connectivity index (χ3n) is 3.40. The van der Waals surface area contributed by atoms with Crippen LogP contribution in [0.1, 0.15) is 20.8 Å². The summed E-state index contributed by atoms with van der Waals surface area (Å²) in [5, 5.41) is 0. The average Bonchev–Trinajstić information content (AvgIpc) is 2.20. The maximum atomic E-state index is 5.65. The van der Waals surface area contributed by atoms with Gasteiger partial charge in [-0.1, -0.05) is 28.7 Å². The Kier molecular flexibility index (Phi) is 4.41. The molecular weight excluding hydrogens is 226 g/mol. The molecule has 2 nitrogen and oxygen atoms in total. The van der Waals surface area contributed by atoms with Crippen molar-refractivity contribution in [2.45, 2.75) is 37.7 Å². The van der Waals surface area contributed by atoms with Crippen LogP contribution in [0.15, 0.2) is 0 Å². The second-order valence-electron chi connectivity index (χ2n) is 4.76. The lowest BCUT2D eigenvalue weighted by molar-refractivity contribution is 0.128. The van der Waals surface area contributed by atoms with Crippen LogP contribution in [-0.2, 0) is 9.26 Å². The lowest BCUT2D eigenvalue weighted by atomic mass is 10.4. The first-order chi connectivity index (χ1) is 7.18. The van der Waals surface area contributed by atoms with Gasteiger partial charge in [-0.2, -0.15) is 0 Å². The highest BCUT2D eigenvalue weighted by Gasteiger charge is 2.32. The zero-order valence-electron chi connectivity index (χ0n) is 9.98. The van der Waals surface area contributed by atoms with Gasteiger partial charge in [-0.05, 0) is 12.3 Å². The second kappa shape index (κ2) is 5.41. The molecule has 4 atom stereocenters. The Labute approximate surface area is 95.7 Å². The highest BCUT2D eigenvalue weighted by molar-refractivity contribution is 7.61. The minimum absolute atomic E-state index is 0.0466. The molecule has 4 heteroatoms. The highest BCUT2D eigenvalue weighted by Crippen LogP contribution is 2.56. The summed E-state index contributed by atoms with van der Waals surface area (Å²) in [5.41, 5.74) is 2.47. The minimum atomic E-state index is -0.0466. The molecule has 0 aromatic heterocycles. The van der Waals surface area contributed by atoms with E-state index >= 15 is 0 Å². The molecule has 2 fully saturated rings. The Morgan fingerprint density at radius 2 is 1.60 bits per heavy atom. The van der Waals surface area contributed by atoms with Gasteiger partial charge in [0.2, 0.25) is 0 Å². The van der Waals surface area contributed by atoms with E-state index in [0.717, 1.165) is 36.8 Å². The normalized spacial score (nSPS) is 42.6. The van der Waals surface area contributed by atoms with Crippen molar-refractivity contribution in [2.75, 3.05) is 32.1 Å². The van der Waals surface area contributed by atoms with Gasteiger partial charge in [0.05, 0.1) is 19.8 Å². The van der Waals surface area contributed by atoms with Crippen molar-refractivity contribution in [3.8, 4) is 0 Å². The third kappa shape index (κ3) is 2.91. The van der Waals surface area contributed by atoms with Gasteiger partial charge in [-0.15, -0.1) is 0 Å². The van der Waals surface area contributed by atoms with Crippen LogP contribution < -0.4 is 0 Å². The van der Waals surface area contributed by atoms with Gasteiger partial charge in [-0.3, -0.25) is 0 Å². The molecule has 2 heterocycles. The molecule has 0 bridgehead atoms. The van der Waals surface area contributed by atoms with E-state index in [2.05, 4.69) is 20.8 Å². The van der Waals surface area contributed by atoms with Crippen molar-refractivity contribution < 1.29 is 9.26 Å². The lowest BCUT2D eigenvalue weighted by Gasteiger charge is -2.39. The Morgan fingerprint density at radius 1 is 0.933 bits per heavy atom. The number of ether oxygens (including phenoxy) is 1. The van der Waals surface area contributed by atoms with E-state index in [9.17, 15) is 0 Å². The SMILES string of the molecule is C[C@@H]1COP1CCP1[C@H](C)COC[C@H]1C. The second-order valence-corrected chi connectivity index (χ2v) is 10.4. The van der Waals surface area contributed by atoms with Crippen LogP contribution >= 0.6 is 16.1 Å². The molecule has 2 aliphatic rings. The topological polar surface area (TPSA) is 18.5 Å². The number of rotatable bonds is 3. The van der Waals surface area contributed by atoms with E-state index in [1.165, 1.54) is 12.3 Å². The fourth-order valence-electron chi connectivity index (χ4n) is 2.30. The first-order valence-corrected chi connectivity index (χ1v) is 9.09. The first kappa shape index (κ1) is 12.2. The summed E-state index contributed by atoms with van der Waals surface area (Å²) in [7, 11) is 0.147. The van der Waals surface area contributed by atoms with Crippen molar-refractivity contribution in [2.24, 2.45) is 0 Å². The van der Waals surface area contributed by atoms with E-state index < -0.39 is 0 Å². The molecule has 88 valence electrons. The monoisotopic (exact) mass is 248 g/mol. The number of hydrogen-bond donors (Lipinski definition) is 0. The van der Waals surface area contributed by atoms with Crippen molar-refractivity contribution in [3.63, 3.8) is 0 Å². The van der Waals surface area contributed by atoms with E-state index in [4.69, 9.17) is 9.26 Å². The summed E-state index contributed by atoms with van der Waals surface area (Å²) in [6.45, 7) is 10.0. The summed E-state index contributed by atoms with van der Waals surface area (Å²) < 4.78 is 11.2. The fraction of sp³-hybridized carbons (Fsp3) is 1.00. The summed E-state index contributed by atoms with van der Waals surface area (Å²) in [5.74, 6) is 0. The maximum absolute atomic E-state index is 5.65. The van der Waals surface area contributed by atoms with Crippen LogP contribution in [-0.4, -0.2) is 49.1 Å². The summed E-state index contributed by atoms with van der Waals surface area (Å²) >= 11 is 0. The van der Waals surface area contributed by atoms with Crippen LogP contribution in [0, 0.1) is 0 Å². The maximum Gasteiger partial charge on any atom is 0.0595 e. The predicted molar refractivity (Wildman–Crippen MR) is 68.7 cm³/mol. The lowest BCUT2D eigenvalue weighted by Crippen LogP contribution is -2.30. The van der Waals surface area contributed by atoms with E-state index in [0.29, 0.717) is 0 Å². The van der Waals surface area contributed by atoms with Crippen LogP contribution in [0.2, 0.25) is 0 Å². The largest absolute Gasteiger partial charge is 0.380 e.